The molecule has 2 aromatic rings. The van der Waals surface area contributed by atoms with Gasteiger partial charge in [-0.1, -0.05) is 26.0 Å². The van der Waals surface area contributed by atoms with Crippen LogP contribution < -0.4 is 4.74 Å². The number of rotatable bonds is 5. The molecular formula is C15H18N2O3S. The molecule has 0 aliphatic heterocycles. The van der Waals surface area contributed by atoms with Crippen molar-refractivity contribution in [3.63, 3.8) is 0 Å². The van der Waals surface area contributed by atoms with Crippen LogP contribution >= 0.6 is 11.8 Å². The molecule has 1 aromatic heterocycles. The van der Waals surface area contributed by atoms with Gasteiger partial charge in [0.1, 0.15) is 16.8 Å². The molecule has 0 saturated heterocycles. The average molecular weight is 306 g/mol. The summed E-state index contributed by atoms with van der Waals surface area (Å²) in [5.74, 6) is 1.35. The number of hydrogen-bond donors (Lipinski definition) is 0. The van der Waals surface area contributed by atoms with Gasteiger partial charge in [-0.15, -0.1) is 11.8 Å². The number of benzene rings is 1. The molecule has 0 atom stereocenters. The minimum absolute atomic E-state index is 0.0963. The third-order valence-corrected chi connectivity index (χ3v) is 3.58. The lowest BCUT2D eigenvalue weighted by Crippen LogP contribution is -1.94. The van der Waals surface area contributed by atoms with E-state index in [4.69, 9.17) is 4.74 Å². The standard InChI is InChI=1S/C13H12N2O3S.C2H6/c1-18-11-6-4-10(5-7-11)9-19-12-3-2-8-14-13(12)15(16)17;1-2/h2-8H,9H2,1H3;1-2H3. The normalized spacial score (nSPS) is 9.48. The Morgan fingerprint density at radius 3 is 2.48 bits per heavy atom. The second-order valence-corrected chi connectivity index (χ2v) is 4.74. The summed E-state index contributed by atoms with van der Waals surface area (Å²) >= 11 is 1.40. The van der Waals surface area contributed by atoms with E-state index < -0.39 is 4.92 Å². The number of nitrogens with zero attached hydrogens (tertiary/aromatic N) is 2. The first kappa shape index (κ1) is 17.0. The molecule has 0 amide bonds. The summed E-state index contributed by atoms with van der Waals surface area (Å²) in [5, 5.41) is 10.8. The molecule has 0 aliphatic rings. The zero-order valence-corrected chi connectivity index (χ0v) is 13.1. The third-order valence-electron chi connectivity index (χ3n) is 2.48. The molecule has 0 fully saturated rings. The van der Waals surface area contributed by atoms with E-state index >= 15 is 0 Å². The van der Waals surface area contributed by atoms with Crippen LogP contribution in [0.4, 0.5) is 5.82 Å². The summed E-state index contributed by atoms with van der Waals surface area (Å²) in [6.45, 7) is 4.00. The fourth-order valence-corrected chi connectivity index (χ4v) is 2.46. The first-order valence-corrected chi connectivity index (χ1v) is 7.54. The summed E-state index contributed by atoms with van der Waals surface area (Å²) < 4.78 is 5.08. The molecule has 5 nitrogen and oxygen atoms in total. The van der Waals surface area contributed by atoms with Gasteiger partial charge in [0.05, 0.1) is 7.11 Å². The predicted octanol–water partition coefficient (Wildman–Crippen LogP) is 4.32. The Morgan fingerprint density at radius 1 is 1.24 bits per heavy atom. The Hall–Kier alpha value is -2.08. The highest BCUT2D eigenvalue weighted by Gasteiger charge is 2.14. The molecule has 0 aliphatic carbocycles. The zero-order valence-electron chi connectivity index (χ0n) is 12.3. The highest BCUT2D eigenvalue weighted by atomic mass is 32.2. The van der Waals surface area contributed by atoms with E-state index in [1.807, 2.05) is 38.1 Å². The van der Waals surface area contributed by atoms with Crippen molar-refractivity contribution in [1.82, 2.24) is 4.98 Å². The molecule has 6 heteroatoms. The predicted molar refractivity (Wildman–Crippen MR) is 84.8 cm³/mol. The first-order chi connectivity index (χ1) is 10.2. The van der Waals surface area contributed by atoms with Crippen LogP contribution in [-0.2, 0) is 5.75 Å². The Balaban J connectivity index is 0.00000106. The average Bonchev–Trinajstić information content (AvgIpc) is 2.55. The quantitative estimate of drug-likeness (QED) is 0.467. The fourth-order valence-electron chi connectivity index (χ4n) is 1.51. The lowest BCUT2D eigenvalue weighted by Gasteiger charge is -2.04. The first-order valence-electron chi connectivity index (χ1n) is 6.56. The Labute approximate surface area is 128 Å². The Kier molecular flexibility index (Phi) is 7.25. The van der Waals surface area contributed by atoms with Crippen LogP contribution in [0.15, 0.2) is 47.5 Å². The van der Waals surface area contributed by atoms with Crippen LogP contribution in [-0.4, -0.2) is 17.0 Å². The number of pyridine rings is 1. The van der Waals surface area contributed by atoms with Gasteiger partial charge < -0.3 is 14.9 Å². The third kappa shape index (κ3) is 5.07. The van der Waals surface area contributed by atoms with Gasteiger partial charge in [0.2, 0.25) is 0 Å². The van der Waals surface area contributed by atoms with Gasteiger partial charge in [-0.05, 0) is 39.7 Å². The minimum Gasteiger partial charge on any atom is -0.497 e. The molecule has 1 heterocycles. The second kappa shape index (κ2) is 8.97. The highest BCUT2D eigenvalue weighted by molar-refractivity contribution is 7.98. The van der Waals surface area contributed by atoms with Crippen LogP contribution in [0.3, 0.4) is 0 Å². The molecule has 0 spiro atoms. The zero-order chi connectivity index (χ0) is 15.7. The van der Waals surface area contributed by atoms with Crippen LogP contribution in [0.1, 0.15) is 19.4 Å². The Morgan fingerprint density at radius 2 is 1.90 bits per heavy atom. The van der Waals surface area contributed by atoms with Gasteiger partial charge in [-0.25, -0.2) is 0 Å². The monoisotopic (exact) mass is 306 g/mol. The molecule has 0 N–H and O–H groups in total. The summed E-state index contributed by atoms with van der Waals surface area (Å²) in [5.41, 5.74) is 1.07. The van der Waals surface area contributed by atoms with Crippen molar-refractivity contribution in [3.8, 4) is 5.75 Å². The van der Waals surface area contributed by atoms with Gasteiger partial charge in [0.25, 0.3) is 0 Å². The number of aromatic nitrogens is 1. The number of hydrogen-bond acceptors (Lipinski definition) is 5. The summed E-state index contributed by atoms with van der Waals surface area (Å²) in [4.78, 5) is 14.7. The molecule has 21 heavy (non-hydrogen) atoms. The van der Waals surface area contributed by atoms with Crippen LogP contribution in [0, 0.1) is 10.1 Å². The number of ether oxygens (including phenoxy) is 1. The molecule has 0 saturated carbocycles. The van der Waals surface area contributed by atoms with Crippen molar-refractivity contribution in [2.45, 2.75) is 24.5 Å². The lowest BCUT2D eigenvalue weighted by atomic mass is 10.2. The van der Waals surface area contributed by atoms with Crippen molar-refractivity contribution in [3.05, 3.63) is 58.3 Å². The van der Waals surface area contributed by atoms with E-state index in [-0.39, 0.29) is 5.82 Å². The van der Waals surface area contributed by atoms with Gasteiger partial charge >= 0.3 is 5.82 Å². The molecule has 2 rings (SSSR count). The highest BCUT2D eigenvalue weighted by Crippen LogP contribution is 2.29. The van der Waals surface area contributed by atoms with Crippen molar-refractivity contribution >= 4 is 17.6 Å². The van der Waals surface area contributed by atoms with Crippen LogP contribution in [0.5, 0.6) is 5.75 Å². The molecule has 0 radical (unpaired) electrons. The second-order valence-electron chi connectivity index (χ2n) is 3.72. The van der Waals surface area contributed by atoms with E-state index in [9.17, 15) is 10.1 Å². The molecule has 1 aromatic carbocycles. The summed E-state index contributed by atoms with van der Waals surface area (Å²) in [6, 6.07) is 11.0. The number of thioether (sulfide) groups is 1. The minimum atomic E-state index is -0.462. The van der Waals surface area contributed by atoms with E-state index in [0.29, 0.717) is 10.6 Å². The number of nitro groups is 1. The van der Waals surface area contributed by atoms with Gasteiger partial charge in [-0.2, -0.15) is 0 Å². The maximum absolute atomic E-state index is 10.8. The van der Waals surface area contributed by atoms with Crippen molar-refractivity contribution in [2.24, 2.45) is 0 Å². The SMILES string of the molecule is CC.COc1ccc(CSc2cccnc2[N+](=O)[O-])cc1. The van der Waals surface area contributed by atoms with E-state index in [1.165, 1.54) is 18.0 Å². The smallest absolute Gasteiger partial charge is 0.377 e. The maximum Gasteiger partial charge on any atom is 0.377 e. The maximum atomic E-state index is 10.8. The summed E-state index contributed by atoms with van der Waals surface area (Å²) in [7, 11) is 1.61. The van der Waals surface area contributed by atoms with E-state index in [0.717, 1.165) is 11.3 Å². The van der Waals surface area contributed by atoms with Crippen molar-refractivity contribution in [2.75, 3.05) is 7.11 Å². The largest absolute Gasteiger partial charge is 0.497 e. The summed E-state index contributed by atoms with van der Waals surface area (Å²) in [6.07, 6.45) is 1.43. The molecule has 112 valence electrons. The van der Waals surface area contributed by atoms with Crippen molar-refractivity contribution < 1.29 is 9.66 Å². The molecule has 0 bridgehead atoms. The number of methoxy groups -OCH3 is 1. The van der Waals surface area contributed by atoms with E-state index in [1.54, 1.807) is 19.2 Å². The van der Waals surface area contributed by atoms with Crippen LogP contribution in [0.25, 0.3) is 0 Å². The topological polar surface area (TPSA) is 65.3 Å². The van der Waals surface area contributed by atoms with E-state index in [2.05, 4.69) is 4.98 Å². The van der Waals surface area contributed by atoms with Gasteiger partial charge in [-0.3, -0.25) is 0 Å². The lowest BCUT2D eigenvalue weighted by molar-refractivity contribution is -0.392. The van der Waals surface area contributed by atoms with Gasteiger partial charge in [0, 0.05) is 5.75 Å². The molecule has 0 unspecified atom stereocenters. The van der Waals surface area contributed by atoms with Gasteiger partial charge in [0.15, 0.2) is 0 Å². The van der Waals surface area contributed by atoms with Crippen LogP contribution in [0.2, 0.25) is 0 Å². The van der Waals surface area contributed by atoms with Crippen molar-refractivity contribution in [1.29, 1.82) is 0 Å². The Bertz CT molecular complexity index is 573. The molecular weight excluding hydrogens is 288 g/mol. The fraction of sp³-hybridized carbons (Fsp3) is 0.267.